The summed E-state index contributed by atoms with van der Waals surface area (Å²) < 4.78 is 26.6. The predicted molar refractivity (Wildman–Crippen MR) is 142 cm³/mol. The topological polar surface area (TPSA) is 105 Å². The van der Waals surface area contributed by atoms with Crippen LogP contribution in [0.15, 0.2) is 47.1 Å². The fourth-order valence-electron chi connectivity index (χ4n) is 4.23. The number of benzene rings is 1. The molecule has 1 atom stereocenters. The van der Waals surface area contributed by atoms with E-state index in [1.54, 1.807) is 34.4 Å². The second-order valence-corrected chi connectivity index (χ2v) is 11.9. The lowest BCUT2D eigenvalue weighted by molar-refractivity contribution is -0.134. The molecule has 11 heteroatoms. The van der Waals surface area contributed by atoms with E-state index in [-0.39, 0.29) is 11.6 Å². The molecular formula is C26H32N4O5S2. The van der Waals surface area contributed by atoms with Crippen LogP contribution in [0, 0.1) is 6.92 Å². The van der Waals surface area contributed by atoms with Crippen molar-refractivity contribution in [2.75, 3.05) is 27.7 Å². The van der Waals surface area contributed by atoms with Crippen molar-refractivity contribution < 1.29 is 23.0 Å². The van der Waals surface area contributed by atoms with E-state index in [0.29, 0.717) is 29.4 Å². The third-order valence-electron chi connectivity index (χ3n) is 6.41. The number of furan rings is 1. The first kappa shape index (κ1) is 27.0. The number of nitrogens with one attached hydrogen (secondary N) is 1. The summed E-state index contributed by atoms with van der Waals surface area (Å²) in [5.74, 6) is 1.19. The van der Waals surface area contributed by atoms with Crippen LogP contribution in [0.3, 0.4) is 0 Å². The molecule has 0 bridgehead atoms. The highest BCUT2D eigenvalue weighted by Gasteiger charge is 2.53. The molecular weight excluding hydrogens is 512 g/mol. The summed E-state index contributed by atoms with van der Waals surface area (Å²) in [6.45, 7) is 2.63. The van der Waals surface area contributed by atoms with Gasteiger partial charge in [0.1, 0.15) is 22.2 Å². The van der Waals surface area contributed by atoms with Crippen molar-refractivity contribution in [2.24, 2.45) is 0 Å². The Morgan fingerprint density at radius 3 is 2.54 bits per heavy atom. The maximum Gasteiger partial charge on any atom is 0.283 e. The zero-order chi connectivity index (χ0) is 26.6. The van der Waals surface area contributed by atoms with Gasteiger partial charge in [0.15, 0.2) is 11.2 Å². The second-order valence-electron chi connectivity index (χ2n) is 9.23. The van der Waals surface area contributed by atoms with Gasteiger partial charge in [-0.25, -0.2) is 13.5 Å². The van der Waals surface area contributed by atoms with Crippen LogP contribution >= 0.6 is 11.3 Å². The summed E-state index contributed by atoms with van der Waals surface area (Å²) in [4.78, 5) is 33.7. The Kier molecular flexibility index (Phi) is 8.46. The molecule has 2 aromatic heterocycles. The van der Waals surface area contributed by atoms with Crippen LogP contribution in [0.1, 0.15) is 51.0 Å². The number of carbonyl (C=O) groups is 2. The van der Waals surface area contributed by atoms with Gasteiger partial charge in [-0.2, -0.15) is 0 Å². The average molecular weight is 545 g/mol. The number of aryl methyl sites for hydroxylation is 2. The number of hydrogen-bond acceptors (Lipinski definition) is 7. The molecule has 4 rings (SSSR count). The molecule has 198 valence electrons. The highest BCUT2D eigenvalue weighted by molar-refractivity contribution is 7.81. The number of carbonyl (C=O) groups excluding carboxylic acids is 2. The van der Waals surface area contributed by atoms with Gasteiger partial charge in [0.05, 0.1) is 25.3 Å². The Balaban J connectivity index is 1.53. The van der Waals surface area contributed by atoms with Gasteiger partial charge >= 0.3 is 0 Å². The summed E-state index contributed by atoms with van der Waals surface area (Å²) >= 11 is -0.276. The SMILES string of the molecule is COc1ccc(C2(C(=O)N(CCCc3ccco3)Cc3nc(C(=O)NS(=O)N(C)C)c(C)s3)CC2)cc1. The van der Waals surface area contributed by atoms with Crippen LogP contribution in [0.2, 0.25) is 0 Å². The molecule has 0 radical (unpaired) electrons. The van der Waals surface area contributed by atoms with Crippen LogP contribution < -0.4 is 9.46 Å². The molecule has 1 aliphatic carbocycles. The maximum atomic E-state index is 13.9. The summed E-state index contributed by atoms with van der Waals surface area (Å²) in [7, 11) is 4.84. The molecule has 37 heavy (non-hydrogen) atoms. The standard InChI is InChI=1S/C26H32N4O5S2/c1-18-23(24(31)28-37(33)29(2)3)27-22(36-18)17-30(15-5-7-21-8-6-16-35-21)25(32)26(13-14-26)19-9-11-20(34-4)12-10-19/h6,8-12,16H,5,7,13-15,17H2,1-4H3,(H,28,31). The van der Waals surface area contributed by atoms with Crippen molar-refractivity contribution in [1.29, 1.82) is 0 Å². The molecule has 1 aliphatic rings. The highest BCUT2D eigenvalue weighted by atomic mass is 32.2. The van der Waals surface area contributed by atoms with Gasteiger partial charge in [0, 0.05) is 31.9 Å². The second kappa shape index (κ2) is 11.6. The fraction of sp³-hybridized carbons (Fsp3) is 0.423. The number of aromatic nitrogens is 1. The predicted octanol–water partition coefficient (Wildman–Crippen LogP) is 3.62. The largest absolute Gasteiger partial charge is 0.497 e. The van der Waals surface area contributed by atoms with Crippen LogP contribution in [0.25, 0.3) is 0 Å². The molecule has 1 unspecified atom stereocenters. The minimum absolute atomic E-state index is 0.0599. The molecule has 1 fully saturated rings. The summed E-state index contributed by atoms with van der Waals surface area (Å²) in [5, 5.41) is 0.662. The van der Waals surface area contributed by atoms with Gasteiger partial charge in [-0.05, 0) is 56.0 Å². The van der Waals surface area contributed by atoms with Gasteiger partial charge in [0.25, 0.3) is 5.91 Å². The molecule has 1 aromatic carbocycles. The van der Waals surface area contributed by atoms with E-state index in [9.17, 15) is 13.8 Å². The quantitative estimate of drug-likeness (QED) is 0.374. The van der Waals surface area contributed by atoms with Crippen molar-refractivity contribution in [2.45, 2.75) is 44.6 Å². The van der Waals surface area contributed by atoms with Crippen LogP contribution in [0.5, 0.6) is 5.75 Å². The molecule has 1 saturated carbocycles. The van der Waals surface area contributed by atoms with E-state index in [1.165, 1.54) is 15.6 Å². The molecule has 2 heterocycles. The Hall–Kier alpha value is -3.02. The van der Waals surface area contributed by atoms with Gasteiger partial charge in [-0.15, -0.1) is 11.3 Å². The first-order valence-electron chi connectivity index (χ1n) is 12.1. The minimum atomic E-state index is -1.65. The van der Waals surface area contributed by atoms with Gasteiger partial charge in [-0.3, -0.25) is 14.3 Å². The smallest absolute Gasteiger partial charge is 0.283 e. The van der Waals surface area contributed by atoms with E-state index < -0.39 is 22.5 Å². The Labute approximate surface area is 223 Å². The normalized spacial score (nSPS) is 14.8. The van der Waals surface area contributed by atoms with Crippen LogP contribution in [0.4, 0.5) is 0 Å². The third-order valence-corrected chi connectivity index (χ3v) is 8.39. The molecule has 0 spiro atoms. The molecule has 1 N–H and O–H groups in total. The number of methoxy groups -OCH3 is 1. The van der Waals surface area contributed by atoms with E-state index >= 15 is 0 Å². The first-order valence-corrected chi connectivity index (χ1v) is 14.0. The van der Waals surface area contributed by atoms with Crippen LogP contribution in [-0.2, 0) is 34.3 Å². The minimum Gasteiger partial charge on any atom is -0.497 e. The Morgan fingerprint density at radius 1 is 1.22 bits per heavy atom. The van der Waals surface area contributed by atoms with Crippen molar-refractivity contribution in [3.8, 4) is 5.75 Å². The van der Waals surface area contributed by atoms with E-state index in [2.05, 4.69) is 9.71 Å². The van der Waals surface area contributed by atoms with Gasteiger partial charge in [-0.1, -0.05) is 12.1 Å². The van der Waals surface area contributed by atoms with E-state index in [1.807, 2.05) is 41.3 Å². The molecule has 3 aromatic rings. The van der Waals surface area contributed by atoms with Crippen molar-refractivity contribution in [3.05, 3.63) is 69.6 Å². The number of rotatable bonds is 12. The Bertz CT molecular complexity index is 1250. The van der Waals surface area contributed by atoms with E-state index in [0.717, 1.165) is 36.3 Å². The maximum absolute atomic E-state index is 13.9. The van der Waals surface area contributed by atoms with Crippen molar-refractivity contribution in [3.63, 3.8) is 0 Å². The first-order chi connectivity index (χ1) is 17.7. The van der Waals surface area contributed by atoms with Crippen molar-refractivity contribution >= 4 is 34.3 Å². The lowest BCUT2D eigenvalue weighted by atomic mass is 9.94. The van der Waals surface area contributed by atoms with Gasteiger partial charge < -0.3 is 14.1 Å². The van der Waals surface area contributed by atoms with Crippen LogP contribution in [-0.4, -0.2) is 58.0 Å². The number of amides is 2. The molecule has 0 aliphatic heterocycles. The monoisotopic (exact) mass is 544 g/mol. The number of ether oxygens (including phenoxy) is 1. The lowest BCUT2D eigenvalue weighted by Crippen LogP contribution is -2.39. The van der Waals surface area contributed by atoms with E-state index in [4.69, 9.17) is 9.15 Å². The van der Waals surface area contributed by atoms with Crippen molar-refractivity contribution in [1.82, 2.24) is 18.9 Å². The molecule has 2 amide bonds. The number of thiazole rings is 1. The lowest BCUT2D eigenvalue weighted by Gasteiger charge is -2.27. The number of hydrogen-bond donors (Lipinski definition) is 1. The molecule has 0 saturated heterocycles. The fourth-order valence-corrected chi connectivity index (χ4v) is 5.61. The third kappa shape index (κ3) is 6.28. The highest BCUT2D eigenvalue weighted by Crippen LogP contribution is 2.50. The summed E-state index contributed by atoms with van der Waals surface area (Å²) in [6, 6.07) is 11.5. The Morgan fingerprint density at radius 2 is 1.95 bits per heavy atom. The average Bonchev–Trinajstić information content (AvgIpc) is 3.36. The summed E-state index contributed by atoms with van der Waals surface area (Å²) in [6.07, 6.45) is 4.67. The number of nitrogens with zero attached hydrogens (tertiary/aromatic N) is 3. The molecule has 9 nitrogen and oxygen atoms in total. The zero-order valence-corrected chi connectivity index (χ0v) is 23.1. The van der Waals surface area contributed by atoms with Gasteiger partial charge in [0.2, 0.25) is 5.91 Å². The summed E-state index contributed by atoms with van der Waals surface area (Å²) in [5.41, 5.74) is 0.664. The zero-order valence-electron chi connectivity index (χ0n) is 21.5.